The van der Waals surface area contributed by atoms with Crippen LogP contribution in [0.25, 0.3) is 0 Å². The second kappa shape index (κ2) is 6.14. The number of rotatable bonds is 4. The Labute approximate surface area is 127 Å². The van der Waals surface area contributed by atoms with Crippen LogP contribution in [0.2, 0.25) is 0 Å². The van der Waals surface area contributed by atoms with E-state index in [-0.39, 0.29) is 21.6 Å². The lowest BCUT2D eigenvalue weighted by atomic mass is 10.2. The summed E-state index contributed by atoms with van der Waals surface area (Å²) in [5, 5.41) is 19.9. The van der Waals surface area contributed by atoms with Gasteiger partial charge in [-0.15, -0.1) is 0 Å². The van der Waals surface area contributed by atoms with Crippen molar-refractivity contribution in [3.8, 4) is 11.5 Å². The minimum absolute atomic E-state index is 0.113. The molecule has 2 rings (SSSR count). The number of ether oxygens (including phenoxy) is 1. The van der Waals surface area contributed by atoms with Gasteiger partial charge < -0.3 is 9.84 Å². The van der Waals surface area contributed by atoms with E-state index < -0.39 is 10.7 Å². The van der Waals surface area contributed by atoms with E-state index >= 15 is 0 Å². The predicted octanol–water partition coefficient (Wildman–Crippen LogP) is 3.62. The first-order valence-electron chi connectivity index (χ1n) is 5.52. The number of nitrogens with zero attached hydrogens (tertiary/aromatic N) is 1. The van der Waals surface area contributed by atoms with Crippen LogP contribution in [-0.2, 0) is 6.61 Å². The van der Waals surface area contributed by atoms with Gasteiger partial charge in [0.05, 0.1) is 15.1 Å². The van der Waals surface area contributed by atoms with Gasteiger partial charge in [0, 0.05) is 12.1 Å². The Hall–Kier alpha value is -1.74. The van der Waals surface area contributed by atoms with E-state index in [1.807, 2.05) is 0 Å². The van der Waals surface area contributed by atoms with E-state index in [2.05, 4.69) is 0 Å². The average molecular weight is 389 g/mol. The second-order valence-electron chi connectivity index (χ2n) is 3.90. The maximum Gasteiger partial charge on any atom is 0.312 e. The summed E-state index contributed by atoms with van der Waals surface area (Å²) < 4.78 is 19.0. The fourth-order valence-electron chi connectivity index (χ4n) is 1.53. The molecule has 0 aliphatic heterocycles. The fraction of sp³-hybridized carbons (Fsp3) is 0.0769. The molecule has 104 valence electrons. The highest BCUT2D eigenvalue weighted by molar-refractivity contribution is 14.1. The van der Waals surface area contributed by atoms with Gasteiger partial charge in [0.15, 0.2) is 0 Å². The smallest absolute Gasteiger partial charge is 0.312 e. The molecule has 0 spiro atoms. The number of nitro benzene ring substituents is 1. The van der Waals surface area contributed by atoms with Gasteiger partial charge in [-0.25, -0.2) is 4.39 Å². The van der Waals surface area contributed by atoms with E-state index in [0.717, 1.165) is 12.1 Å². The zero-order chi connectivity index (χ0) is 14.7. The van der Waals surface area contributed by atoms with Gasteiger partial charge in [-0.2, -0.15) is 0 Å². The molecule has 0 fully saturated rings. The first-order valence-corrected chi connectivity index (χ1v) is 6.60. The Morgan fingerprint density at radius 1 is 1.30 bits per heavy atom. The number of nitro groups is 1. The monoisotopic (exact) mass is 389 g/mol. The van der Waals surface area contributed by atoms with Crippen LogP contribution in [0.5, 0.6) is 11.5 Å². The van der Waals surface area contributed by atoms with Crippen molar-refractivity contribution in [2.45, 2.75) is 6.61 Å². The van der Waals surface area contributed by atoms with Crippen LogP contribution in [-0.4, -0.2) is 10.0 Å². The third-order valence-corrected chi connectivity index (χ3v) is 3.36. The van der Waals surface area contributed by atoms with Gasteiger partial charge in [0.1, 0.15) is 11.6 Å². The summed E-state index contributed by atoms with van der Waals surface area (Å²) in [6.45, 7) is -0.113. The van der Waals surface area contributed by atoms with Crippen molar-refractivity contribution in [3.63, 3.8) is 0 Å². The summed E-state index contributed by atoms with van der Waals surface area (Å²) in [5.74, 6) is -0.422. The molecule has 1 N–H and O–H groups in total. The number of halogens is 2. The molecule has 0 radical (unpaired) electrons. The van der Waals surface area contributed by atoms with Crippen molar-refractivity contribution in [3.05, 3.63) is 61.5 Å². The minimum Gasteiger partial charge on any atom is -0.450 e. The third kappa shape index (κ3) is 3.23. The average Bonchev–Trinajstić information content (AvgIpc) is 2.43. The highest BCUT2D eigenvalue weighted by atomic mass is 127. The van der Waals surface area contributed by atoms with Gasteiger partial charge in [-0.1, -0.05) is 12.1 Å². The minimum atomic E-state index is -0.626. The van der Waals surface area contributed by atoms with E-state index in [9.17, 15) is 14.5 Å². The molecule has 2 aromatic rings. The van der Waals surface area contributed by atoms with Crippen molar-refractivity contribution >= 4 is 28.3 Å². The van der Waals surface area contributed by atoms with Crippen LogP contribution in [0.3, 0.4) is 0 Å². The Morgan fingerprint density at radius 2 is 1.95 bits per heavy atom. The molecular formula is C13H9FINO4. The van der Waals surface area contributed by atoms with Crippen LogP contribution in [0.1, 0.15) is 5.56 Å². The van der Waals surface area contributed by atoms with Crippen LogP contribution in [0, 0.1) is 19.5 Å². The van der Waals surface area contributed by atoms with Crippen LogP contribution in [0.4, 0.5) is 10.1 Å². The molecule has 0 amide bonds. The number of hydrogen-bond donors (Lipinski definition) is 1. The molecule has 7 heteroatoms. The summed E-state index contributed by atoms with van der Waals surface area (Å²) >= 11 is 1.68. The van der Waals surface area contributed by atoms with Crippen molar-refractivity contribution in [2.24, 2.45) is 0 Å². The fourth-order valence-corrected chi connectivity index (χ4v) is 1.98. The normalized spacial score (nSPS) is 10.3. The van der Waals surface area contributed by atoms with Crippen molar-refractivity contribution in [1.82, 2.24) is 0 Å². The van der Waals surface area contributed by atoms with Crippen molar-refractivity contribution < 1.29 is 19.2 Å². The highest BCUT2D eigenvalue weighted by Gasteiger charge is 2.19. The number of hydrogen-bond acceptors (Lipinski definition) is 4. The maximum absolute atomic E-state index is 13.5. The zero-order valence-electron chi connectivity index (χ0n) is 10.0. The Bertz CT molecular complexity index is 646. The SMILES string of the molecule is O=[N+]([O-])c1cc(I)c(F)cc1Oc1ccc(CO)cc1. The second-order valence-corrected chi connectivity index (χ2v) is 5.06. The lowest BCUT2D eigenvalue weighted by molar-refractivity contribution is -0.385. The number of benzene rings is 2. The summed E-state index contributed by atoms with van der Waals surface area (Å²) in [7, 11) is 0. The molecular weight excluding hydrogens is 380 g/mol. The van der Waals surface area contributed by atoms with Gasteiger partial charge in [-0.05, 0) is 40.3 Å². The van der Waals surface area contributed by atoms with Gasteiger partial charge in [0.2, 0.25) is 5.75 Å². The Morgan fingerprint density at radius 3 is 2.50 bits per heavy atom. The first-order chi connectivity index (χ1) is 9.51. The van der Waals surface area contributed by atoms with Crippen molar-refractivity contribution in [2.75, 3.05) is 0 Å². The summed E-state index contributed by atoms with van der Waals surface area (Å²) in [6, 6.07) is 8.43. The van der Waals surface area contributed by atoms with E-state index in [4.69, 9.17) is 9.84 Å². The lowest BCUT2D eigenvalue weighted by Crippen LogP contribution is -1.96. The zero-order valence-corrected chi connectivity index (χ0v) is 12.2. The molecule has 0 heterocycles. The molecule has 0 saturated carbocycles. The molecule has 5 nitrogen and oxygen atoms in total. The predicted molar refractivity (Wildman–Crippen MR) is 78.2 cm³/mol. The molecule has 0 saturated heterocycles. The molecule has 0 aliphatic rings. The lowest BCUT2D eigenvalue weighted by Gasteiger charge is -2.07. The van der Waals surface area contributed by atoms with Crippen LogP contribution in [0.15, 0.2) is 36.4 Å². The van der Waals surface area contributed by atoms with E-state index in [0.29, 0.717) is 11.3 Å². The summed E-state index contributed by atoms with van der Waals surface area (Å²) in [5.41, 5.74) is 0.377. The molecule has 0 atom stereocenters. The summed E-state index contributed by atoms with van der Waals surface area (Å²) in [6.07, 6.45) is 0. The number of aliphatic hydroxyl groups is 1. The molecule has 0 aromatic heterocycles. The topological polar surface area (TPSA) is 72.6 Å². The van der Waals surface area contributed by atoms with Gasteiger partial charge >= 0.3 is 5.69 Å². The van der Waals surface area contributed by atoms with Crippen LogP contribution >= 0.6 is 22.6 Å². The molecule has 0 unspecified atom stereocenters. The summed E-state index contributed by atoms with van der Waals surface area (Å²) in [4.78, 5) is 10.3. The molecule has 0 bridgehead atoms. The quantitative estimate of drug-likeness (QED) is 0.493. The maximum atomic E-state index is 13.5. The standard InChI is InChI=1S/C13H9FINO4/c14-10-5-13(12(16(18)19)6-11(10)15)20-9-3-1-8(7-17)2-4-9/h1-6,17H,7H2. The first kappa shape index (κ1) is 14.7. The molecule has 2 aromatic carbocycles. The number of aliphatic hydroxyl groups excluding tert-OH is 1. The van der Waals surface area contributed by atoms with E-state index in [1.54, 1.807) is 46.9 Å². The van der Waals surface area contributed by atoms with E-state index in [1.165, 1.54) is 0 Å². The van der Waals surface area contributed by atoms with Gasteiger partial charge in [-0.3, -0.25) is 10.1 Å². The third-order valence-electron chi connectivity index (χ3n) is 2.53. The van der Waals surface area contributed by atoms with Crippen molar-refractivity contribution in [1.29, 1.82) is 0 Å². The van der Waals surface area contributed by atoms with Crippen LogP contribution < -0.4 is 4.74 Å². The Kier molecular flexibility index (Phi) is 4.50. The molecule has 0 aliphatic carbocycles. The molecule has 20 heavy (non-hydrogen) atoms. The largest absolute Gasteiger partial charge is 0.450 e. The highest BCUT2D eigenvalue weighted by Crippen LogP contribution is 2.34. The Balaban J connectivity index is 2.36. The van der Waals surface area contributed by atoms with Gasteiger partial charge in [0.25, 0.3) is 0 Å².